The third kappa shape index (κ3) is 3.88. The lowest BCUT2D eigenvalue weighted by atomic mass is 9.94. The molecule has 7 nitrogen and oxygen atoms in total. The second kappa shape index (κ2) is 6.50. The number of hydrogen-bond acceptors (Lipinski definition) is 6. The van der Waals surface area contributed by atoms with Gasteiger partial charge < -0.3 is 14.2 Å². The van der Waals surface area contributed by atoms with Gasteiger partial charge in [-0.15, -0.1) is 0 Å². The van der Waals surface area contributed by atoms with Crippen molar-refractivity contribution >= 4 is 5.91 Å². The molecule has 0 unspecified atom stereocenters. The summed E-state index contributed by atoms with van der Waals surface area (Å²) in [6, 6.07) is 1.32. The van der Waals surface area contributed by atoms with Crippen molar-refractivity contribution in [1.82, 2.24) is 20.0 Å². The van der Waals surface area contributed by atoms with Crippen molar-refractivity contribution in [3.63, 3.8) is 0 Å². The van der Waals surface area contributed by atoms with Crippen LogP contribution in [-0.2, 0) is 17.5 Å². The fraction of sp³-hybridized carbons (Fsp3) is 0.529. The predicted octanol–water partition coefficient (Wildman–Crippen LogP) is 3.31. The molecule has 0 saturated carbocycles. The minimum absolute atomic E-state index is 0.0367. The van der Waals surface area contributed by atoms with Crippen molar-refractivity contribution in [2.45, 2.75) is 46.5 Å². The minimum Gasteiger partial charge on any atom is -0.489 e. The molecule has 3 heterocycles. The fourth-order valence-corrected chi connectivity index (χ4v) is 2.62. The van der Waals surface area contributed by atoms with Gasteiger partial charge in [0, 0.05) is 17.2 Å². The summed E-state index contributed by atoms with van der Waals surface area (Å²) in [5.41, 5.74) is 0.189. The van der Waals surface area contributed by atoms with Crippen LogP contribution in [-0.4, -0.2) is 38.6 Å². The summed E-state index contributed by atoms with van der Waals surface area (Å²) in [5, 5.41) is 3.35. The highest BCUT2D eigenvalue weighted by molar-refractivity contribution is 5.82. The summed E-state index contributed by atoms with van der Waals surface area (Å²) in [4.78, 5) is 22.0. The van der Waals surface area contributed by atoms with Gasteiger partial charge in [-0.1, -0.05) is 25.9 Å². The number of halogens is 3. The first-order valence-corrected chi connectivity index (χ1v) is 8.31. The molecule has 10 heteroatoms. The van der Waals surface area contributed by atoms with Crippen LogP contribution in [0.3, 0.4) is 0 Å². The lowest BCUT2D eigenvalue weighted by molar-refractivity contribution is -0.159. The van der Waals surface area contributed by atoms with Crippen molar-refractivity contribution in [3.8, 4) is 17.1 Å². The van der Waals surface area contributed by atoms with E-state index in [1.54, 1.807) is 4.90 Å². The minimum atomic E-state index is -4.72. The summed E-state index contributed by atoms with van der Waals surface area (Å²) >= 11 is 0. The predicted molar refractivity (Wildman–Crippen MR) is 87.5 cm³/mol. The van der Waals surface area contributed by atoms with Gasteiger partial charge in [-0.05, 0) is 13.0 Å². The zero-order valence-electron chi connectivity index (χ0n) is 15.3. The van der Waals surface area contributed by atoms with E-state index in [4.69, 9.17) is 4.74 Å². The van der Waals surface area contributed by atoms with E-state index in [1.165, 1.54) is 12.3 Å². The van der Waals surface area contributed by atoms with Gasteiger partial charge in [-0.2, -0.15) is 18.2 Å². The first kappa shape index (κ1) is 19.1. The van der Waals surface area contributed by atoms with Crippen LogP contribution in [0.4, 0.5) is 13.2 Å². The third-order valence-electron chi connectivity index (χ3n) is 4.09. The van der Waals surface area contributed by atoms with Gasteiger partial charge in [-0.3, -0.25) is 9.78 Å². The number of aromatic nitrogens is 3. The maximum absolute atomic E-state index is 12.7. The quantitative estimate of drug-likeness (QED) is 0.750. The van der Waals surface area contributed by atoms with E-state index in [0.717, 1.165) is 0 Å². The molecule has 27 heavy (non-hydrogen) atoms. The number of rotatable bonds is 1. The number of amides is 1. The second-order valence-corrected chi connectivity index (χ2v) is 7.43. The number of fused-ring (bicyclic) bond motifs is 1. The van der Waals surface area contributed by atoms with Crippen molar-refractivity contribution in [2.24, 2.45) is 5.41 Å². The number of alkyl halides is 3. The molecule has 1 amide bonds. The molecular weight excluding hydrogens is 365 g/mol. The first-order valence-electron chi connectivity index (χ1n) is 8.31. The van der Waals surface area contributed by atoms with Crippen LogP contribution >= 0.6 is 0 Å². The molecule has 2 aromatic heterocycles. The third-order valence-corrected chi connectivity index (χ3v) is 4.09. The van der Waals surface area contributed by atoms with E-state index in [0.29, 0.717) is 11.4 Å². The second-order valence-electron chi connectivity index (χ2n) is 7.43. The van der Waals surface area contributed by atoms with Crippen molar-refractivity contribution in [3.05, 3.63) is 23.8 Å². The Morgan fingerprint density at radius 3 is 2.59 bits per heavy atom. The van der Waals surface area contributed by atoms with E-state index < -0.39 is 17.5 Å². The molecule has 0 fully saturated rings. The summed E-state index contributed by atoms with van der Waals surface area (Å²) in [6.45, 7) is 7.84. The highest BCUT2D eigenvalue weighted by Crippen LogP contribution is 2.32. The molecule has 1 aliphatic rings. The van der Waals surface area contributed by atoms with Gasteiger partial charge >= 0.3 is 12.1 Å². The molecule has 1 atom stereocenters. The molecule has 146 valence electrons. The van der Waals surface area contributed by atoms with Crippen LogP contribution in [0.2, 0.25) is 0 Å². The molecule has 0 bridgehead atoms. The monoisotopic (exact) mass is 384 g/mol. The summed E-state index contributed by atoms with van der Waals surface area (Å²) in [6.07, 6.45) is -3.38. The number of ether oxygens (including phenoxy) is 1. The highest BCUT2D eigenvalue weighted by atomic mass is 19.4. The average molecular weight is 384 g/mol. The molecule has 3 rings (SSSR count). The molecule has 1 aliphatic heterocycles. The van der Waals surface area contributed by atoms with Crippen LogP contribution < -0.4 is 4.74 Å². The Balaban J connectivity index is 1.90. The Morgan fingerprint density at radius 1 is 1.30 bits per heavy atom. The van der Waals surface area contributed by atoms with E-state index in [9.17, 15) is 18.0 Å². The average Bonchev–Trinajstić information content (AvgIpc) is 3.01. The Labute approximate surface area is 153 Å². The molecule has 0 radical (unpaired) electrons. The Morgan fingerprint density at radius 2 is 2.00 bits per heavy atom. The number of pyridine rings is 1. The molecule has 0 aliphatic carbocycles. The van der Waals surface area contributed by atoms with Gasteiger partial charge in [0.25, 0.3) is 0 Å². The highest BCUT2D eigenvalue weighted by Gasteiger charge is 2.39. The molecule has 0 aromatic carbocycles. The maximum atomic E-state index is 12.7. The Kier molecular flexibility index (Phi) is 4.61. The lowest BCUT2D eigenvalue weighted by Gasteiger charge is -2.32. The van der Waals surface area contributed by atoms with Gasteiger partial charge in [0.1, 0.15) is 18.1 Å². The molecular formula is C17H19F3N4O3. The summed E-state index contributed by atoms with van der Waals surface area (Å²) in [5.74, 6) is -1.32. The zero-order chi connectivity index (χ0) is 20.0. The number of carbonyl (C=O) groups excluding carboxylic acids is 1. The largest absolute Gasteiger partial charge is 0.489 e. The topological polar surface area (TPSA) is 81.3 Å². The smallest absolute Gasteiger partial charge is 0.471 e. The van der Waals surface area contributed by atoms with Crippen LogP contribution in [0.5, 0.6) is 5.75 Å². The van der Waals surface area contributed by atoms with E-state index in [2.05, 4.69) is 19.6 Å². The van der Waals surface area contributed by atoms with Crippen LogP contribution in [0.15, 0.2) is 16.8 Å². The first-order chi connectivity index (χ1) is 12.5. The fourth-order valence-electron chi connectivity index (χ4n) is 2.62. The lowest BCUT2D eigenvalue weighted by Crippen LogP contribution is -2.45. The summed E-state index contributed by atoms with van der Waals surface area (Å²) in [7, 11) is 0. The maximum Gasteiger partial charge on any atom is 0.471 e. The number of nitrogens with zero attached hydrogens (tertiary/aromatic N) is 4. The van der Waals surface area contributed by atoms with Gasteiger partial charge in [-0.25, -0.2) is 0 Å². The SMILES string of the molecule is C[C@H]1COc2cc(-c3noc(C(F)(F)F)n3)cnc2CN1C(=O)C(C)(C)C. The Bertz CT molecular complexity index is 858. The van der Waals surface area contributed by atoms with Gasteiger partial charge in [0.05, 0.1) is 12.6 Å². The normalized spacial score (nSPS) is 17.9. The van der Waals surface area contributed by atoms with Crippen LogP contribution in [0.25, 0.3) is 11.4 Å². The molecule has 2 aromatic rings. The van der Waals surface area contributed by atoms with Crippen molar-refractivity contribution in [2.75, 3.05) is 6.61 Å². The van der Waals surface area contributed by atoms with E-state index in [1.807, 2.05) is 27.7 Å². The molecule has 0 spiro atoms. The van der Waals surface area contributed by atoms with E-state index >= 15 is 0 Å². The summed E-state index contributed by atoms with van der Waals surface area (Å²) < 4.78 is 47.9. The van der Waals surface area contributed by atoms with Crippen LogP contribution in [0, 0.1) is 5.41 Å². The van der Waals surface area contributed by atoms with E-state index in [-0.39, 0.29) is 36.5 Å². The van der Waals surface area contributed by atoms with Crippen molar-refractivity contribution < 1.29 is 27.2 Å². The Hall–Kier alpha value is -2.65. The van der Waals surface area contributed by atoms with Gasteiger partial charge in [0.15, 0.2) is 0 Å². The van der Waals surface area contributed by atoms with Crippen LogP contribution in [0.1, 0.15) is 39.3 Å². The van der Waals surface area contributed by atoms with Gasteiger partial charge in [0.2, 0.25) is 11.7 Å². The molecule has 0 saturated heterocycles. The zero-order valence-corrected chi connectivity index (χ0v) is 15.3. The number of carbonyl (C=O) groups is 1. The molecule has 0 N–H and O–H groups in total. The number of hydrogen-bond donors (Lipinski definition) is 0. The van der Waals surface area contributed by atoms with Crippen molar-refractivity contribution in [1.29, 1.82) is 0 Å². The standard InChI is InChI=1S/C17H19F3N4O3/c1-9-8-26-12-5-10(13-22-14(27-23-13)17(18,19)20)6-21-11(12)7-24(9)15(25)16(2,3)4/h5-6,9H,7-8H2,1-4H3/t9-/m0/s1.